The summed E-state index contributed by atoms with van der Waals surface area (Å²) in [5.41, 5.74) is 11.0. The number of thiophene rings is 1. The maximum atomic E-state index is 2.48. The molecular weight excluding hydrogens is 647 g/mol. The zero-order chi connectivity index (χ0) is 34.2. The smallest absolute Gasteiger partial charge is 0.0554 e. The van der Waals surface area contributed by atoms with Crippen LogP contribution in [0.25, 0.3) is 103 Å². The van der Waals surface area contributed by atoms with Crippen LogP contribution in [0.5, 0.6) is 0 Å². The molecule has 11 aromatic rings. The standard InChI is InChI=1S/C50H31NS/c1-3-11-32(12-4-1)39-23-25-42-45(30-39)51(41-17-5-2-6-18-41)46-31-43(40-22-20-34-14-8-10-16-36(34)28-40)50-49(48(42)46)44-29-38(24-26-47(44)52-50)37-21-19-33-13-7-9-15-35(33)27-37/h1-31H. The summed E-state index contributed by atoms with van der Waals surface area (Å²) in [6.07, 6.45) is 0. The van der Waals surface area contributed by atoms with Crippen molar-refractivity contribution in [1.29, 1.82) is 0 Å². The highest BCUT2D eigenvalue weighted by atomic mass is 32.1. The number of rotatable bonds is 4. The van der Waals surface area contributed by atoms with Crippen molar-refractivity contribution in [3.05, 3.63) is 188 Å². The highest BCUT2D eigenvalue weighted by Crippen LogP contribution is 2.49. The lowest BCUT2D eigenvalue weighted by Gasteiger charge is -2.11. The Morgan fingerprint density at radius 1 is 0.346 bits per heavy atom. The van der Waals surface area contributed by atoms with Crippen LogP contribution in [0, 0.1) is 0 Å². The molecule has 0 fully saturated rings. The Morgan fingerprint density at radius 2 is 0.923 bits per heavy atom. The van der Waals surface area contributed by atoms with E-state index < -0.39 is 0 Å². The number of benzene rings is 9. The summed E-state index contributed by atoms with van der Waals surface area (Å²) >= 11 is 1.91. The number of para-hydroxylation sites is 1. The van der Waals surface area contributed by atoms with Crippen LogP contribution >= 0.6 is 11.3 Å². The summed E-state index contributed by atoms with van der Waals surface area (Å²) in [6.45, 7) is 0. The summed E-state index contributed by atoms with van der Waals surface area (Å²) in [5.74, 6) is 0. The molecule has 9 aromatic carbocycles. The van der Waals surface area contributed by atoms with Gasteiger partial charge in [-0.15, -0.1) is 11.3 Å². The van der Waals surface area contributed by atoms with Gasteiger partial charge in [-0.1, -0.05) is 140 Å². The molecule has 0 unspecified atom stereocenters. The minimum absolute atomic E-state index is 1.16. The molecule has 52 heavy (non-hydrogen) atoms. The van der Waals surface area contributed by atoms with Crippen molar-refractivity contribution in [2.75, 3.05) is 0 Å². The molecule has 0 saturated heterocycles. The maximum Gasteiger partial charge on any atom is 0.0554 e. The van der Waals surface area contributed by atoms with Crippen LogP contribution in [0.3, 0.4) is 0 Å². The van der Waals surface area contributed by atoms with E-state index >= 15 is 0 Å². The van der Waals surface area contributed by atoms with Crippen LogP contribution in [-0.4, -0.2) is 4.57 Å². The third-order valence-electron chi connectivity index (χ3n) is 10.7. The van der Waals surface area contributed by atoms with Crippen molar-refractivity contribution in [2.24, 2.45) is 0 Å². The Balaban J connectivity index is 1.28. The van der Waals surface area contributed by atoms with Gasteiger partial charge in [0.1, 0.15) is 0 Å². The quantitative estimate of drug-likeness (QED) is 0.175. The van der Waals surface area contributed by atoms with Crippen molar-refractivity contribution in [3.63, 3.8) is 0 Å². The lowest BCUT2D eigenvalue weighted by Crippen LogP contribution is -1.94. The molecule has 0 aliphatic carbocycles. The van der Waals surface area contributed by atoms with Crippen molar-refractivity contribution >= 4 is 74.9 Å². The molecule has 0 atom stereocenters. The molecule has 0 amide bonds. The van der Waals surface area contributed by atoms with Crippen molar-refractivity contribution in [2.45, 2.75) is 0 Å². The van der Waals surface area contributed by atoms with E-state index in [1.54, 1.807) is 0 Å². The predicted octanol–water partition coefficient (Wildman–Crippen LogP) is 14.5. The zero-order valence-electron chi connectivity index (χ0n) is 28.3. The maximum absolute atomic E-state index is 2.48. The Kier molecular flexibility index (Phi) is 6.49. The summed E-state index contributed by atoms with van der Waals surface area (Å²) in [4.78, 5) is 0. The normalized spacial score (nSPS) is 11.8. The molecule has 0 saturated carbocycles. The molecule has 11 rings (SSSR count). The molecule has 1 nitrogen and oxygen atoms in total. The van der Waals surface area contributed by atoms with E-state index in [0.717, 1.165) is 5.69 Å². The van der Waals surface area contributed by atoms with Crippen LogP contribution < -0.4 is 0 Å². The SMILES string of the molecule is c1ccc(-c2ccc3c4c5c(sc6ccc(-c7ccc8ccccc8c7)cc65)c(-c5ccc6ccccc6c5)cc4n(-c4ccccc4)c3c2)cc1. The molecule has 0 N–H and O–H groups in total. The molecule has 0 bridgehead atoms. The highest BCUT2D eigenvalue weighted by Gasteiger charge is 2.22. The molecular formula is C50H31NS. The first-order valence-corrected chi connectivity index (χ1v) is 18.7. The number of fused-ring (bicyclic) bond motifs is 9. The van der Waals surface area contributed by atoms with Gasteiger partial charge < -0.3 is 4.57 Å². The van der Waals surface area contributed by atoms with Gasteiger partial charge in [-0.05, 0) is 97.9 Å². The fraction of sp³-hybridized carbons (Fsp3) is 0. The lowest BCUT2D eigenvalue weighted by atomic mass is 9.95. The van der Waals surface area contributed by atoms with Gasteiger partial charge in [0.05, 0.1) is 11.0 Å². The number of aromatic nitrogens is 1. The molecule has 0 radical (unpaired) electrons. The van der Waals surface area contributed by atoms with Crippen LogP contribution in [-0.2, 0) is 0 Å². The van der Waals surface area contributed by atoms with Gasteiger partial charge in [0.2, 0.25) is 0 Å². The highest BCUT2D eigenvalue weighted by molar-refractivity contribution is 7.26. The third-order valence-corrected chi connectivity index (χ3v) is 11.9. The van der Waals surface area contributed by atoms with Gasteiger partial charge in [0.25, 0.3) is 0 Å². The van der Waals surface area contributed by atoms with Gasteiger partial charge in [0, 0.05) is 42.2 Å². The summed E-state index contributed by atoms with van der Waals surface area (Å²) in [6, 6.07) is 69.2. The first-order valence-electron chi connectivity index (χ1n) is 17.8. The largest absolute Gasteiger partial charge is 0.309 e. The van der Waals surface area contributed by atoms with E-state index in [1.807, 2.05) is 11.3 Å². The molecule has 2 heterocycles. The first kappa shape index (κ1) is 29.3. The van der Waals surface area contributed by atoms with E-state index in [-0.39, 0.29) is 0 Å². The summed E-state index contributed by atoms with van der Waals surface area (Å²) in [5, 5.41) is 10.2. The van der Waals surface area contributed by atoms with E-state index in [9.17, 15) is 0 Å². The summed E-state index contributed by atoms with van der Waals surface area (Å²) < 4.78 is 5.11. The molecule has 242 valence electrons. The fourth-order valence-electron chi connectivity index (χ4n) is 8.23. The minimum atomic E-state index is 1.16. The fourth-order valence-corrected chi connectivity index (χ4v) is 9.46. The second-order valence-corrected chi connectivity index (χ2v) is 14.8. The zero-order valence-corrected chi connectivity index (χ0v) is 29.1. The number of nitrogens with zero attached hydrogens (tertiary/aromatic N) is 1. The number of hydrogen-bond donors (Lipinski definition) is 0. The van der Waals surface area contributed by atoms with Gasteiger partial charge in [0.15, 0.2) is 0 Å². The Hall–Kier alpha value is -6.48. The van der Waals surface area contributed by atoms with Crippen molar-refractivity contribution < 1.29 is 0 Å². The van der Waals surface area contributed by atoms with Gasteiger partial charge >= 0.3 is 0 Å². The first-order chi connectivity index (χ1) is 25.8. The second-order valence-electron chi connectivity index (χ2n) is 13.7. The van der Waals surface area contributed by atoms with E-state index in [1.165, 1.54) is 96.9 Å². The Labute approximate surface area is 305 Å². The van der Waals surface area contributed by atoms with E-state index in [4.69, 9.17) is 0 Å². The van der Waals surface area contributed by atoms with Crippen LogP contribution in [0.4, 0.5) is 0 Å². The van der Waals surface area contributed by atoms with Crippen molar-refractivity contribution in [1.82, 2.24) is 4.57 Å². The average Bonchev–Trinajstić information content (AvgIpc) is 3.75. The van der Waals surface area contributed by atoms with Crippen molar-refractivity contribution in [3.8, 4) is 39.1 Å². The lowest BCUT2D eigenvalue weighted by molar-refractivity contribution is 1.18. The van der Waals surface area contributed by atoms with E-state index in [2.05, 4.69) is 193 Å². The second kappa shape index (κ2) is 11.5. The molecule has 0 aliphatic heterocycles. The Morgan fingerprint density at radius 3 is 1.67 bits per heavy atom. The van der Waals surface area contributed by atoms with Crippen LogP contribution in [0.2, 0.25) is 0 Å². The van der Waals surface area contributed by atoms with Gasteiger partial charge in [-0.3, -0.25) is 0 Å². The Bertz CT molecular complexity index is 3170. The molecule has 2 aromatic heterocycles. The topological polar surface area (TPSA) is 4.93 Å². The van der Waals surface area contributed by atoms with Crippen LogP contribution in [0.15, 0.2) is 188 Å². The molecule has 2 heteroatoms. The van der Waals surface area contributed by atoms with Gasteiger partial charge in [-0.2, -0.15) is 0 Å². The monoisotopic (exact) mass is 677 g/mol. The predicted molar refractivity (Wildman–Crippen MR) is 225 cm³/mol. The number of hydrogen-bond acceptors (Lipinski definition) is 1. The van der Waals surface area contributed by atoms with Crippen LogP contribution in [0.1, 0.15) is 0 Å². The summed E-state index contributed by atoms with van der Waals surface area (Å²) in [7, 11) is 0. The minimum Gasteiger partial charge on any atom is -0.309 e. The van der Waals surface area contributed by atoms with E-state index in [0.29, 0.717) is 0 Å². The molecule has 0 aliphatic rings. The van der Waals surface area contributed by atoms with Gasteiger partial charge in [-0.25, -0.2) is 0 Å². The average molecular weight is 678 g/mol. The molecule has 0 spiro atoms. The third kappa shape index (κ3) is 4.55.